The van der Waals surface area contributed by atoms with Crippen LogP contribution in [0.5, 0.6) is 0 Å². The van der Waals surface area contributed by atoms with Gasteiger partial charge in [0, 0.05) is 10.9 Å². The van der Waals surface area contributed by atoms with E-state index in [-0.39, 0.29) is 6.61 Å². The summed E-state index contributed by atoms with van der Waals surface area (Å²) in [6.07, 6.45) is 0. The number of rotatable bonds is 5. The maximum Gasteiger partial charge on any atom is 0.180 e. The van der Waals surface area contributed by atoms with Gasteiger partial charge in [-0.2, -0.15) is 8.75 Å². The van der Waals surface area contributed by atoms with Crippen LogP contribution in [0.3, 0.4) is 0 Å². The Morgan fingerprint density at radius 3 is 2.73 bits per heavy atom. The lowest BCUT2D eigenvalue weighted by atomic mass is 10.1. The van der Waals surface area contributed by atoms with Crippen LogP contribution in [0.1, 0.15) is 22.6 Å². The minimum atomic E-state index is 0.265. The van der Waals surface area contributed by atoms with Crippen molar-refractivity contribution in [2.75, 3.05) is 5.73 Å². The monoisotopic (exact) mass is 331 g/mol. The first-order valence-corrected chi connectivity index (χ1v) is 8.10. The van der Waals surface area contributed by atoms with Crippen molar-refractivity contribution in [3.8, 4) is 0 Å². The van der Waals surface area contributed by atoms with Gasteiger partial charge in [-0.1, -0.05) is 35.5 Å². The van der Waals surface area contributed by atoms with Gasteiger partial charge in [-0.3, -0.25) is 0 Å². The number of hydrogen-bond acceptors (Lipinski definition) is 8. The van der Waals surface area contributed by atoms with Crippen molar-refractivity contribution >= 4 is 33.9 Å². The zero-order valence-corrected chi connectivity index (χ0v) is 13.4. The van der Waals surface area contributed by atoms with E-state index in [1.807, 2.05) is 42.6 Å². The van der Waals surface area contributed by atoms with Gasteiger partial charge in [0.25, 0.3) is 0 Å². The van der Waals surface area contributed by atoms with E-state index in [0.29, 0.717) is 10.8 Å². The van der Waals surface area contributed by atoms with Gasteiger partial charge in [0.05, 0.1) is 23.1 Å². The third-order valence-electron chi connectivity index (χ3n) is 2.86. The van der Waals surface area contributed by atoms with Gasteiger partial charge in [0.15, 0.2) is 11.7 Å². The highest BCUT2D eigenvalue weighted by molar-refractivity contribution is 7.13. The molecule has 112 valence electrons. The fourth-order valence-corrected chi connectivity index (χ4v) is 2.92. The van der Waals surface area contributed by atoms with Crippen LogP contribution in [0.25, 0.3) is 0 Å². The van der Waals surface area contributed by atoms with Crippen molar-refractivity contribution in [3.63, 3.8) is 0 Å². The van der Waals surface area contributed by atoms with Crippen LogP contribution >= 0.6 is 23.1 Å². The predicted octanol–water partition coefficient (Wildman–Crippen LogP) is 2.85. The second-order valence-electron chi connectivity index (χ2n) is 4.45. The molecule has 0 bridgehead atoms. The Kier molecular flexibility index (Phi) is 4.40. The number of anilines is 1. The quantitative estimate of drug-likeness (QED) is 0.574. The lowest BCUT2D eigenvalue weighted by molar-refractivity contribution is 0.128. The molecule has 0 aliphatic heterocycles. The molecule has 6 nitrogen and oxygen atoms in total. The number of nitrogens with zero attached hydrogens (tertiary/aromatic N) is 4. The predicted molar refractivity (Wildman–Crippen MR) is 88.0 cm³/mol. The molecular formula is C14H13N5OS2. The van der Waals surface area contributed by atoms with Crippen molar-refractivity contribution in [3.05, 3.63) is 58.4 Å². The summed E-state index contributed by atoms with van der Waals surface area (Å²) in [6, 6.07) is 9.76. The van der Waals surface area contributed by atoms with Crippen molar-refractivity contribution < 1.29 is 4.84 Å². The Labute approximate surface area is 135 Å². The number of aryl methyl sites for hydroxylation is 1. The Morgan fingerprint density at radius 2 is 2.09 bits per heavy atom. The normalized spacial score (nSPS) is 11.6. The molecule has 22 heavy (non-hydrogen) atoms. The number of benzene rings is 1. The fraction of sp³-hybridized carbons (Fsp3) is 0.143. The summed E-state index contributed by atoms with van der Waals surface area (Å²) in [5.74, 6) is 0. The minimum absolute atomic E-state index is 0.265. The summed E-state index contributed by atoms with van der Waals surface area (Å²) in [5.41, 5.74) is 9.50. The molecule has 2 aromatic heterocycles. The van der Waals surface area contributed by atoms with E-state index < -0.39 is 0 Å². The van der Waals surface area contributed by atoms with Gasteiger partial charge in [0.2, 0.25) is 0 Å². The molecule has 8 heteroatoms. The number of hydrogen-bond donors (Lipinski definition) is 1. The van der Waals surface area contributed by atoms with E-state index in [4.69, 9.17) is 10.6 Å². The van der Waals surface area contributed by atoms with Gasteiger partial charge < -0.3 is 10.6 Å². The highest BCUT2D eigenvalue weighted by atomic mass is 32.1. The highest BCUT2D eigenvalue weighted by Gasteiger charge is 2.14. The van der Waals surface area contributed by atoms with E-state index in [1.54, 1.807) is 0 Å². The van der Waals surface area contributed by atoms with Crippen molar-refractivity contribution in [2.24, 2.45) is 5.16 Å². The zero-order valence-electron chi connectivity index (χ0n) is 11.8. The Hall–Kier alpha value is -2.32. The zero-order chi connectivity index (χ0) is 15.4. The van der Waals surface area contributed by atoms with Gasteiger partial charge in [0.1, 0.15) is 11.4 Å². The van der Waals surface area contributed by atoms with Crippen LogP contribution in [0, 0.1) is 6.92 Å². The lowest BCUT2D eigenvalue weighted by Crippen LogP contribution is -2.07. The van der Waals surface area contributed by atoms with Crippen LogP contribution < -0.4 is 5.73 Å². The molecule has 3 aromatic rings. The summed E-state index contributed by atoms with van der Waals surface area (Å²) in [7, 11) is 0. The molecule has 0 aliphatic rings. The highest BCUT2D eigenvalue weighted by Crippen LogP contribution is 2.15. The molecular weight excluding hydrogens is 318 g/mol. The van der Waals surface area contributed by atoms with E-state index in [0.717, 1.165) is 34.4 Å². The van der Waals surface area contributed by atoms with Crippen LogP contribution in [0.4, 0.5) is 5.13 Å². The van der Waals surface area contributed by atoms with Crippen molar-refractivity contribution in [2.45, 2.75) is 13.5 Å². The second kappa shape index (κ2) is 6.63. The van der Waals surface area contributed by atoms with Gasteiger partial charge in [-0.15, -0.1) is 11.3 Å². The molecule has 0 saturated heterocycles. The van der Waals surface area contributed by atoms with Crippen LogP contribution in [0.2, 0.25) is 0 Å². The molecule has 0 aliphatic carbocycles. The maximum absolute atomic E-state index is 5.60. The molecule has 0 fully saturated rings. The summed E-state index contributed by atoms with van der Waals surface area (Å²) in [5, 5.41) is 6.62. The molecule has 0 spiro atoms. The van der Waals surface area contributed by atoms with Gasteiger partial charge >= 0.3 is 0 Å². The fourth-order valence-electron chi connectivity index (χ4n) is 1.83. The summed E-state index contributed by atoms with van der Waals surface area (Å²) < 4.78 is 8.51. The smallest absolute Gasteiger partial charge is 0.180 e. The number of oxime groups is 1. The molecule has 0 saturated carbocycles. The summed E-state index contributed by atoms with van der Waals surface area (Å²) >= 11 is 2.54. The van der Waals surface area contributed by atoms with Gasteiger partial charge in [-0.05, 0) is 6.92 Å². The SMILES string of the molecule is Cc1nsnc1/C(=N\OCc1csc(N)n1)c1ccccc1. The van der Waals surface area contributed by atoms with E-state index in [9.17, 15) is 0 Å². The minimum Gasteiger partial charge on any atom is -0.389 e. The molecule has 0 amide bonds. The molecule has 1 aromatic carbocycles. The summed E-state index contributed by atoms with van der Waals surface area (Å²) in [6.45, 7) is 2.17. The van der Waals surface area contributed by atoms with E-state index >= 15 is 0 Å². The van der Waals surface area contributed by atoms with Crippen LogP contribution in [0.15, 0.2) is 40.9 Å². The first-order chi connectivity index (χ1) is 10.7. The Morgan fingerprint density at radius 1 is 1.27 bits per heavy atom. The molecule has 2 N–H and O–H groups in total. The molecule has 0 atom stereocenters. The number of nitrogens with two attached hydrogens (primary N) is 1. The lowest BCUT2D eigenvalue weighted by Gasteiger charge is -2.04. The van der Waals surface area contributed by atoms with E-state index in [1.165, 1.54) is 11.3 Å². The second-order valence-corrected chi connectivity index (χ2v) is 5.87. The third-order valence-corrected chi connectivity index (χ3v) is 4.20. The third kappa shape index (κ3) is 3.29. The number of nitrogen functional groups attached to an aromatic ring is 1. The Balaban J connectivity index is 1.85. The summed E-state index contributed by atoms with van der Waals surface area (Å²) in [4.78, 5) is 9.58. The molecule has 0 unspecified atom stereocenters. The van der Waals surface area contributed by atoms with Crippen LogP contribution in [-0.2, 0) is 11.4 Å². The first-order valence-electron chi connectivity index (χ1n) is 6.49. The van der Waals surface area contributed by atoms with E-state index in [2.05, 4.69) is 18.9 Å². The number of thiazole rings is 1. The largest absolute Gasteiger partial charge is 0.389 e. The van der Waals surface area contributed by atoms with Crippen molar-refractivity contribution in [1.29, 1.82) is 0 Å². The average Bonchev–Trinajstić information content (AvgIpc) is 3.13. The maximum atomic E-state index is 5.60. The Bertz CT molecular complexity index is 781. The molecule has 3 rings (SSSR count). The number of aromatic nitrogens is 3. The molecule has 0 radical (unpaired) electrons. The molecule has 2 heterocycles. The topological polar surface area (TPSA) is 86.3 Å². The standard InChI is InChI=1S/C14H13N5OS2/c1-9-12(19-22-18-9)13(10-5-3-2-4-6-10)17-20-7-11-8-21-14(15)16-11/h2-6,8H,7H2,1H3,(H2,15,16)/b17-13-. The van der Waals surface area contributed by atoms with Crippen LogP contribution in [-0.4, -0.2) is 19.4 Å². The van der Waals surface area contributed by atoms with Gasteiger partial charge in [-0.25, -0.2) is 4.98 Å². The average molecular weight is 331 g/mol. The first kappa shape index (κ1) is 14.6. The van der Waals surface area contributed by atoms with Crippen molar-refractivity contribution in [1.82, 2.24) is 13.7 Å².